The molecule has 2 aromatic carbocycles. The molecule has 0 saturated carbocycles. The van der Waals surface area contributed by atoms with Crippen LogP contribution in [0.1, 0.15) is 29.6 Å². The van der Waals surface area contributed by atoms with Crippen molar-refractivity contribution >= 4 is 17.4 Å². The van der Waals surface area contributed by atoms with E-state index >= 15 is 0 Å². The summed E-state index contributed by atoms with van der Waals surface area (Å²) in [4.78, 5) is 26.0. The van der Waals surface area contributed by atoms with E-state index in [9.17, 15) is 18.4 Å². The molecule has 0 aliphatic carbocycles. The van der Waals surface area contributed by atoms with Crippen molar-refractivity contribution in [1.29, 1.82) is 0 Å². The lowest BCUT2D eigenvalue weighted by molar-refractivity contribution is -0.121. The highest BCUT2D eigenvalue weighted by atomic mass is 19.2. The van der Waals surface area contributed by atoms with E-state index in [1.807, 2.05) is 11.0 Å². The first-order chi connectivity index (χ1) is 13.0. The number of hydrogen-bond acceptors (Lipinski definition) is 3. The zero-order chi connectivity index (χ0) is 19.2. The summed E-state index contributed by atoms with van der Waals surface area (Å²) in [7, 11) is 0. The second kappa shape index (κ2) is 8.75. The molecule has 1 heterocycles. The molecule has 27 heavy (non-hydrogen) atoms. The normalized spacial score (nSPS) is 16.4. The summed E-state index contributed by atoms with van der Waals surface area (Å²) in [6.07, 6.45) is 1.21. The maximum absolute atomic E-state index is 13.4. The van der Waals surface area contributed by atoms with Gasteiger partial charge in [0.1, 0.15) is 0 Å². The molecule has 0 radical (unpaired) electrons. The first-order valence-corrected chi connectivity index (χ1v) is 9.08. The Morgan fingerprint density at radius 2 is 1.81 bits per heavy atom. The number of nitrogens with zero attached hydrogens (tertiary/aromatic N) is 1. The first-order valence-electron chi connectivity index (χ1n) is 9.08. The first kappa shape index (κ1) is 19.0. The molecule has 1 amide bonds. The van der Waals surface area contributed by atoms with Crippen molar-refractivity contribution in [3.63, 3.8) is 0 Å². The van der Waals surface area contributed by atoms with Crippen molar-refractivity contribution in [1.82, 2.24) is 5.32 Å². The fraction of sp³-hybridized carbons (Fsp3) is 0.333. The van der Waals surface area contributed by atoms with Crippen LogP contribution < -0.4 is 10.2 Å². The van der Waals surface area contributed by atoms with Gasteiger partial charge in [0.2, 0.25) is 5.91 Å². The van der Waals surface area contributed by atoms with Gasteiger partial charge in [-0.1, -0.05) is 30.3 Å². The quantitative estimate of drug-likeness (QED) is 0.756. The summed E-state index contributed by atoms with van der Waals surface area (Å²) in [5.41, 5.74) is 1.26. The van der Waals surface area contributed by atoms with Crippen molar-refractivity contribution in [3.05, 3.63) is 65.7 Å². The Kier molecular flexibility index (Phi) is 6.16. The number of carbonyl (C=O) groups excluding carboxylic acids is 2. The smallest absolute Gasteiger partial charge is 0.220 e. The van der Waals surface area contributed by atoms with Crippen LogP contribution in [-0.4, -0.2) is 31.3 Å². The molecule has 1 fully saturated rings. The fourth-order valence-electron chi connectivity index (χ4n) is 3.26. The average molecular weight is 372 g/mol. The summed E-state index contributed by atoms with van der Waals surface area (Å²) in [6, 6.07) is 12.8. The van der Waals surface area contributed by atoms with Gasteiger partial charge in [-0.05, 0) is 24.5 Å². The van der Waals surface area contributed by atoms with E-state index in [0.717, 1.165) is 19.0 Å². The van der Waals surface area contributed by atoms with E-state index in [1.54, 1.807) is 30.3 Å². The zero-order valence-corrected chi connectivity index (χ0v) is 15.0. The number of hydrogen-bond donors (Lipinski definition) is 1. The van der Waals surface area contributed by atoms with Crippen molar-refractivity contribution < 1.29 is 18.4 Å². The summed E-state index contributed by atoms with van der Waals surface area (Å²) in [5.74, 6) is -1.66. The Hall–Kier alpha value is -2.76. The second-order valence-electron chi connectivity index (χ2n) is 6.79. The molecular formula is C21H22F2N2O2. The molecule has 0 bridgehead atoms. The van der Waals surface area contributed by atoms with Crippen LogP contribution in [0.4, 0.5) is 14.5 Å². The minimum absolute atomic E-state index is 0.0453. The number of rotatable bonds is 7. The largest absolute Gasteiger partial charge is 0.371 e. The average Bonchev–Trinajstić information content (AvgIpc) is 3.16. The maximum atomic E-state index is 13.4. The highest BCUT2D eigenvalue weighted by molar-refractivity contribution is 5.97. The molecule has 4 nitrogen and oxygen atoms in total. The third kappa shape index (κ3) is 5.12. The van der Waals surface area contributed by atoms with Crippen molar-refractivity contribution in [3.8, 4) is 0 Å². The van der Waals surface area contributed by atoms with E-state index in [0.29, 0.717) is 24.3 Å². The van der Waals surface area contributed by atoms with Crippen LogP contribution in [0, 0.1) is 17.6 Å². The predicted octanol–water partition coefficient (Wildman–Crippen LogP) is 3.57. The summed E-state index contributed by atoms with van der Waals surface area (Å²) in [5, 5.41) is 2.87. The van der Waals surface area contributed by atoms with Gasteiger partial charge in [0.15, 0.2) is 17.4 Å². The van der Waals surface area contributed by atoms with E-state index < -0.39 is 11.6 Å². The molecule has 0 spiro atoms. The summed E-state index contributed by atoms with van der Waals surface area (Å²) in [6.45, 7) is 1.92. The van der Waals surface area contributed by atoms with Gasteiger partial charge in [0.05, 0.1) is 0 Å². The molecule has 6 heteroatoms. The van der Waals surface area contributed by atoms with Gasteiger partial charge in [-0.3, -0.25) is 9.59 Å². The molecule has 1 N–H and O–H groups in total. The molecule has 0 unspecified atom stereocenters. The van der Waals surface area contributed by atoms with Crippen LogP contribution in [0.25, 0.3) is 0 Å². The van der Waals surface area contributed by atoms with Gasteiger partial charge in [0.25, 0.3) is 0 Å². The van der Waals surface area contributed by atoms with Crippen LogP contribution in [0.15, 0.2) is 48.5 Å². The van der Waals surface area contributed by atoms with Gasteiger partial charge in [-0.2, -0.15) is 0 Å². The van der Waals surface area contributed by atoms with Crippen LogP contribution in [0.2, 0.25) is 0 Å². The molecule has 0 aromatic heterocycles. The monoisotopic (exact) mass is 372 g/mol. The number of carbonyl (C=O) groups is 2. The minimum Gasteiger partial charge on any atom is -0.371 e. The van der Waals surface area contributed by atoms with Crippen molar-refractivity contribution in [2.24, 2.45) is 5.92 Å². The van der Waals surface area contributed by atoms with E-state index in [-0.39, 0.29) is 30.4 Å². The number of amides is 1. The number of ketones is 1. The Balaban J connectivity index is 1.41. The molecule has 3 rings (SSSR count). The van der Waals surface area contributed by atoms with Gasteiger partial charge in [-0.25, -0.2) is 8.78 Å². The van der Waals surface area contributed by atoms with Gasteiger partial charge < -0.3 is 10.2 Å². The zero-order valence-electron chi connectivity index (χ0n) is 15.0. The van der Waals surface area contributed by atoms with E-state index in [2.05, 4.69) is 5.32 Å². The molecule has 1 saturated heterocycles. The molecule has 1 aliphatic rings. The molecule has 142 valence electrons. The predicted molar refractivity (Wildman–Crippen MR) is 99.7 cm³/mol. The van der Waals surface area contributed by atoms with Gasteiger partial charge in [-0.15, -0.1) is 0 Å². The fourth-order valence-corrected chi connectivity index (χ4v) is 3.26. The van der Waals surface area contributed by atoms with E-state index in [4.69, 9.17) is 0 Å². The number of anilines is 1. The SMILES string of the molecule is O=C(CCC(=O)c1ccccc1)NC[C@H]1CCN(c2ccc(F)c(F)c2)C1. The standard InChI is InChI=1S/C21H22F2N2O2/c22-18-7-6-17(12-19(18)23)25-11-10-15(14-25)13-24-21(27)9-8-20(26)16-4-2-1-3-5-16/h1-7,12,15H,8-11,13-14H2,(H,24,27)/t15-/m1/s1. The lowest BCUT2D eigenvalue weighted by atomic mass is 10.1. The summed E-state index contributed by atoms with van der Waals surface area (Å²) < 4.78 is 26.4. The lowest BCUT2D eigenvalue weighted by Gasteiger charge is -2.19. The van der Waals surface area contributed by atoms with Gasteiger partial charge >= 0.3 is 0 Å². The third-order valence-electron chi connectivity index (χ3n) is 4.82. The highest BCUT2D eigenvalue weighted by Gasteiger charge is 2.23. The maximum Gasteiger partial charge on any atom is 0.220 e. The lowest BCUT2D eigenvalue weighted by Crippen LogP contribution is -2.31. The van der Waals surface area contributed by atoms with Crippen LogP contribution in [0.3, 0.4) is 0 Å². The Labute approximate surface area is 157 Å². The number of Topliss-reactive ketones (excluding diaryl/α,β-unsaturated/α-hetero) is 1. The summed E-state index contributed by atoms with van der Waals surface area (Å²) >= 11 is 0. The Bertz CT molecular complexity index is 811. The molecule has 2 aromatic rings. The van der Waals surface area contributed by atoms with Crippen LogP contribution in [0.5, 0.6) is 0 Å². The second-order valence-corrected chi connectivity index (χ2v) is 6.79. The van der Waals surface area contributed by atoms with Crippen molar-refractivity contribution in [2.45, 2.75) is 19.3 Å². The number of halogens is 2. The molecular weight excluding hydrogens is 350 g/mol. The highest BCUT2D eigenvalue weighted by Crippen LogP contribution is 2.25. The van der Waals surface area contributed by atoms with E-state index in [1.165, 1.54) is 6.07 Å². The Morgan fingerprint density at radius 1 is 1.04 bits per heavy atom. The van der Waals surface area contributed by atoms with Crippen molar-refractivity contribution in [2.75, 3.05) is 24.5 Å². The van der Waals surface area contributed by atoms with Crippen LogP contribution in [-0.2, 0) is 4.79 Å². The molecule has 1 aliphatic heterocycles. The number of nitrogens with one attached hydrogen (secondary N) is 1. The Morgan fingerprint density at radius 3 is 2.56 bits per heavy atom. The van der Waals surface area contributed by atoms with Gasteiger partial charge in [0, 0.05) is 49.8 Å². The molecule has 1 atom stereocenters. The van der Waals surface area contributed by atoms with Crippen LogP contribution >= 0.6 is 0 Å². The third-order valence-corrected chi connectivity index (χ3v) is 4.82. The number of benzene rings is 2. The minimum atomic E-state index is -0.855. The topological polar surface area (TPSA) is 49.4 Å².